The molecule has 8 nitrogen and oxygen atoms in total. The van der Waals surface area contributed by atoms with Crippen LogP contribution in [0.15, 0.2) is 55.0 Å². The number of fused-ring (bicyclic) bond motifs is 1. The first-order valence-corrected chi connectivity index (χ1v) is 12.6. The first kappa shape index (κ1) is 24.6. The van der Waals surface area contributed by atoms with Crippen molar-refractivity contribution in [3.05, 3.63) is 82.8 Å². The Morgan fingerprint density at radius 3 is 2.71 bits per heavy atom. The van der Waals surface area contributed by atoms with Gasteiger partial charge in [0.1, 0.15) is 35.0 Å². The van der Waals surface area contributed by atoms with Crippen LogP contribution in [0.3, 0.4) is 0 Å². The lowest BCUT2D eigenvalue weighted by molar-refractivity contribution is 0.0976. The van der Waals surface area contributed by atoms with Gasteiger partial charge in [0.05, 0.1) is 44.2 Å². The Morgan fingerprint density at radius 1 is 1.16 bits per heavy atom. The largest absolute Gasteiger partial charge is 0.494 e. The van der Waals surface area contributed by atoms with Crippen molar-refractivity contribution in [1.82, 2.24) is 19.5 Å². The third-order valence-corrected chi connectivity index (χ3v) is 7.04. The molecule has 196 valence electrons. The summed E-state index contributed by atoms with van der Waals surface area (Å²) in [4.78, 5) is 15.7. The van der Waals surface area contributed by atoms with Crippen molar-refractivity contribution in [2.75, 3.05) is 37.0 Å². The molecule has 1 N–H and O–H groups in total. The van der Waals surface area contributed by atoms with Crippen molar-refractivity contribution in [2.24, 2.45) is 0 Å². The second-order valence-corrected chi connectivity index (χ2v) is 9.69. The van der Waals surface area contributed by atoms with E-state index in [1.807, 2.05) is 23.1 Å². The Hall–Kier alpha value is -3.76. The van der Waals surface area contributed by atoms with E-state index >= 15 is 0 Å². The number of halogens is 3. The number of nitrogens with zero attached hydrogens (tertiary/aromatic N) is 5. The van der Waals surface area contributed by atoms with E-state index in [-0.39, 0.29) is 18.3 Å². The van der Waals surface area contributed by atoms with Crippen molar-refractivity contribution in [1.29, 1.82) is 0 Å². The Balaban J connectivity index is 1.39. The van der Waals surface area contributed by atoms with Crippen LogP contribution in [0.25, 0.3) is 5.69 Å². The number of anilines is 3. The molecule has 38 heavy (non-hydrogen) atoms. The van der Waals surface area contributed by atoms with Gasteiger partial charge in [-0.15, -0.1) is 0 Å². The molecule has 0 saturated carbocycles. The predicted molar refractivity (Wildman–Crippen MR) is 140 cm³/mol. The highest BCUT2D eigenvalue weighted by atomic mass is 35.5. The maximum atomic E-state index is 14.2. The van der Waals surface area contributed by atoms with Crippen molar-refractivity contribution >= 4 is 29.1 Å². The maximum Gasteiger partial charge on any atom is 0.229 e. The van der Waals surface area contributed by atoms with Gasteiger partial charge >= 0.3 is 0 Å². The molecule has 4 heterocycles. The summed E-state index contributed by atoms with van der Waals surface area (Å²) in [6, 6.07) is 11.9. The smallest absolute Gasteiger partial charge is 0.229 e. The van der Waals surface area contributed by atoms with E-state index < -0.39 is 6.17 Å². The monoisotopic (exact) mass is 538 g/mol. The number of methoxy groups -OCH3 is 1. The van der Waals surface area contributed by atoms with Gasteiger partial charge in [-0.05, 0) is 36.2 Å². The molecule has 1 saturated heterocycles. The molecule has 2 atom stereocenters. The van der Waals surface area contributed by atoms with E-state index in [0.29, 0.717) is 54.5 Å². The minimum Gasteiger partial charge on any atom is -0.494 e. The summed E-state index contributed by atoms with van der Waals surface area (Å²) < 4.78 is 41.1. The molecule has 2 aromatic carbocycles. The molecule has 0 aliphatic carbocycles. The molecule has 2 aliphatic heterocycles. The summed E-state index contributed by atoms with van der Waals surface area (Å²) in [5.74, 6) is 1.10. The van der Waals surface area contributed by atoms with Crippen LogP contribution in [0.4, 0.5) is 26.2 Å². The molecule has 0 radical (unpaired) electrons. The van der Waals surface area contributed by atoms with E-state index in [4.69, 9.17) is 31.0 Å². The fraction of sp³-hybridized carbons (Fsp3) is 0.296. The number of benzene rings is 2. The Morgan fingerprint density at radius 2 is 2.00 bits per heavy atom. The van der Waals surface area contributed by atoms with Gasteiger partial charge in [0.15, 0.2) is 0 Å². The van der Waals surface area contributed by atoms with Crippen LogP contribution >= 0.6 is 11.6 Å². The molecular formula is C27H25ClF2N6O2. The van der Waals surface area contributed by atoms with Gasteiger partial charge in [-0.3, -0.25) is 0 Å². The summed E-state index contributed by atoms with van der Waals surface area (Å²) in [5.41, 5.74) is 3.98. The molecule has 11 heteroatoms. The van der Waals surface area contributed by atoms with Crippen LogP contribution in [0.1, 0.15) is 29.2 Å². The van der Waals surface area contributed by atoms with Crippen LogP contribution < -0.4 is 15.0 Å². The van der Waals surface area contributed by atoms with Crippen molar-refractivity contribution in [2.45, 2.75) is 25.1 Å². The fourth-order valence-corrected chi connectivity index (χ4v) is 5.13. The number of aromatic nitrogens is 4. The Kier molecular flexibility index (Phi) is 6.59. The van der Waals surface area contributed by atoms with Crippen LogP contribution in [-0.4, -0.2) is 52.5 Å². The van der Waals surface area contributed by atoms with Gasteiger partial charge in [0, 0.05) is 30.1 Å². The molecule has 6 rings (SSSR count). The SMILES string of the molecule is COc1cc(Nc2nc3c(c(N4CC[C@@H](F)C4)n2)COCC3c2ccc(F)cc2)ccc1-n1cnc(Cl)c1. The van der Waals surface area contributed by atoms with Crippen molar-refractivity contribution in [3.8, 4) is 11.4 Å². The molecular weight excluding hydrogens is 514 g/mol. The number of hydrogen-bond donors (Lipinski definition) is 1. The van der Waals surface area contributed by atoms with Crippen LogP contribution in [0.2, 0.25) is 5.15 Å². The lowest BCUT2D eigenvalue weighted by Crippen LogP contribution is -2.28. The summed E-state index contributed by atoms with van der Waals surface area (Å²) in [6.07, 6.45) is 2.83. The number of alkyl halides is 1. The van der Waals surface area contributed by atoms with Gasteiger partial charge in [-0.25, -0.2) is 18.7 Å². The quantitative estimate of drug-likeness (QED) is 0.351. The van der Waals surface area contributed by atoms with E-state index in [9.17, 15) is 8.78 Å². The number of rotatable bonds is 6. The minimum atomic E-state index is -0.914. The average Bonchev–Trinajstić information content (AvgIpc) is 3.56. The Bertz CT molecular complexity index is 1460. The van der Waals surface area contributed by atoms with Gasteiger partial charge < -0.3 is 24.3 Å². The average molecular weight is 539 g/mol. The summed E-state index contributed by atoms with van der Waals surface area (Å²) in [7, 11) is 1.59. The number of ether oxygens (including phenoxy) is 2. The molecule has 0 amide bonds. The molecule has 0 spiro atoms. The zero-order valence-corrected chi connectivity index (χ0v) is 21.3. The summed E-state index contributed by atoms with van der Waals surface area (Å²) in [6.45, 7) is 1.55. The van der Waals surface area contributed by atoms with Crippen molar-refractivity contribution in [3.63, 3.8) is 0 Å². The highest BCUT2D eigenvalue weighted by molar-refractivity contribution is 6.29. The van der Waals surface area contributed by atoms with Gasteiger partial charge in [0.25, 0.3) is 0 Å². The van der Waals surface area contributed by atoms with E-state index in [0.717, 1.165) is 22.5 Å². The van der Waals surface area contributed by atoms with Crippen molar-refractivity contribution < 1.29 is 18.3 Å². The predicted octanol–water partition coefficient (Wildman–Crippen LogP) is 5.42. The Labute approximate surface area is 223 Å². The maximum absolute atomic E-state index is 14.2. The molecule has 1 unspecified atom stereocenters. The van der Waals surface area contributed by atoms with Gasteiger partial charge in [-0.2, -0.15) is 4.98 Å². The van der Waals surface area contributed by atoms with Gasteiger partial charge in [0.2, 0.25) is 5.95 Å². The molecule has 2 aliphatic rings. The third kappa shape index (κ3) is 4.77. The number of imidazole rings is 1. The minimum absolute atomic E-state index is 0.215. The van der Waals surface area contributed by atoms with Crippen LogP contribution in [-0.2, 0) is 11.3 Å². The summed E-state index contributed by atoms with van der Waals surface area (Å²) >= 11 is 5.99. The van der Waals surface area contributed by atoms with E-state index in [2.05, 4.69) is 10.3 Å². The second kappa shape index (κ2) is 10.2. The molecule has 1 fully saturated rings. The first-order valence-electron chi connectivity index (χ1n) is 12.3. The number of hydrogen-bond acceptors (Lipinski definition) is 7. The highest BCUT2D eigenvalue weighted by Gasteiger charge is 2.32. The van der Waals surface area contributed by atoms with E-state index in [1.165, 1.54) is 12.1 Å². The lowest BCUT2D eigenvalue weighted by atomic mass is 9.91. The molecule has 4 aromatic rings. The first-order chi connectivity index (χ1) is 18.5. The number of nitrogens with one attached hydrogen (secondary N) is 1. The zero-order chi connectivity index (χ0) is 26.2. The van der Waals surface area contributed by atoms with Crippen LogP contribution in [0.5, 0.6) is 5.75 Å². The normalized spacial score (nSPS) is 18.9. The lowest BCUT2D eigenvalue weighted by Gasteiger charge is -2.30. The van der Waals surface area contributed by atoms with Gasteiger partial charge in [-0.1, -0.05) is 23.7 Å². The molecule has 2 aromatic heterocycles. The van der Waals surface area contributed by atoms with Crippen LogP contribution in [0, 0.1) is 5.82 Å². The molecule has 0 bridgehead atoms. The standard InChI is InChI=1S/C27H25ClF2N6O2/c1-37-23-10-19(6-7-22(23)36-12-24(28)31-15-36)32-27-33-25-20(16-2-4-17(29)5-3-16)13-38-14-21(25)26(34-27)35-9-8-18(30)11-35/h2-7,10,12,15,18,20H,8-9,11,13-14H2,1H3,(H,32,33,34)/t18-,20?/m1/s1. The fourth-order valence-electron chi connectivity index (χ4n) is 4.98. The second-order valence-electron chi connectivity index (χ2n) is 9.30. The third-order valence-electron chi connectivity index (χ3n) is 6.85. The highest BCUT2D eigenvalue weighted by Crippen LogP contribution is 2.38. The summed E-state index contributed by atoms with van der Waals surface area (Å²) in [5, 5.41) is 3.67. The van der Waals surface area contributed by atoms with E-state index in [1.54, 1.807) is 36.3 Å². The topological polar surface area (TPSA) is 77.3 Å². The zero-order valence-electron chi connectivity index (χ0n) is 20.6.